The van der Waals surface area contributed by atoms with E-state index >= 15 is 0 Å². The fourth-order valence-electron chi connectivity index (χ4n) is 2.91. The maximum Gasteiger partial charge on any atom is 0.275 e. The number of nitrogens with one attached hydrogen (secondary N) is 1. The van der Waals surface area contributed by atoms with Crippen molar-refractivity contribution >= 4 is 23.0 Å². The van der Waals surface area contributed by atoms with Crippen molar-refractivity contribution in [3.05, 3.63) is 107 Å². The first kappa shape index (κ1) is 23.2. The Morgan fingerprint density at radius 3 is 2.21 bits per heavy atom. The summed E-state index contributed by atoms with van der Waals surface area (Å²) in [7, 11) is 1.72. The standard InChI is InChI=1S/C23H22ClN2O2.HI/c1-25-28-15-14-21(18-8-4-2-5-9-18)20-12-13-23(24)26(16-20)17-22(27)19-10-6-3-7-11-19;/h2-14,16,25H,15,17H2,1H3;1H/q+1;/p-1/b21-14+;. The van der Waals surface area contributed by atoms with Crippen LogP contribution in [0.25, 0.3) is 5.57 Å². The number of hydroxylamine groups is 1. The monoisotopic (exact) mass is 520 g/mol. The second kappa shape index (κ2) is 11.8. The fraction of sp³-hybridized carbons (Fsp3) is 0.130. The van der Waals surface area contributed by atoms with Crippen molar-refractivity contribution in [1.82, 2.24) is 5.48 Å². The zero-order chi connectivity index (χ0) is 19.8. The largest absolute Gasteiger partial charge is 1.00 e. The summed E-state index contributed by atoms with van der Waals surface area (Å²) in [6, 6.07) is 23.0. The number of hydrogen-bond donors (Lipinski definition) is 1. The lowest BCUT2D eigenvalue weighted by Gasteiger charge is -2.09. The minimum Gasteiger partial charge on any atom is -1.00 e. The van der Waals surface area contributed by atoms with Crippen molar-refractivity contribution < 1.29 is 38.2 Å². The van der Waals surface area contributed by atoms with Crippen molar-refractivity contribution in [3.8, 4) is 0 Å². The van der Waals surface area contributed by atoms with Crippen LogP contribution >= 0.6 is 11.6 Å². The lowest BCUT2D eigenvalue weighted by atomic mass is 9.99. The first-order valence-corrected chi connectivity index (χ1v) is 9.38. The molecule has 0 amide bonds. The van der Waals surface area contributed by atoms with E-state index in [-0.39, 0.29) is 36.3 Å². The summed E-state index contributed by atoms with van der Waals surface area (Å²) in [6.45, 7) is 0.581. The highest BCUT2D eigenvalue weighted by molar-refractivity contribution is 6.28. The van der Waals surface area contributed by atoms with Crippen LogP contribution in [0.15, 0.2) is 85.1 Å². The van der Waals surface area contributed by atoms with E-state index in [2.05, 4.69) is 5.48 Å². The van der Waals surface area contributed by atoms with Crippen LogP contribution in [0.1, 0.15) is 21.5 Å². The Morgan fingerprint density at radius 1 is 0.966 bits per heavy atom. The molecule has 0 fully saturated rings. The van der Waals surface area contributed by atoms with E-state index in [1.807, 2.05) is 85.1 Å². The highest BCUT2D eigenvalue weighted by Gasteiger charge is 2.18. The van der Waals surface area contributed by atoms with E-state index in [4.69, 9.17) is 16.4 Å². The number of benzene rings is 2. The third-order valence-electron chi connectivity index (χ3n) is 4.29. The minimum absolute atomic E-state index is 0. The number of hydrogen-bond acceptors (Lipinski definition) is 3. The molecule has 2 aromatic carbocycles. The van der Waals surface area contributed by atoms with E-state index < -0.39 is 0 Å². The predicted octanol–water partition coefficient (Wildman–Crippen LogP) is 1.10. The predicted molar refractivity (Wildman–Crippen MR) is 111 cm³/mol. The molecular weight excluding hydrogens is 499 g/mol. The number of pyridine rings is 1. The third-order valence-corrected chi connectivity index (χ3v) is 4.63. The van der Waals surface area contributed by atoms with E-state index in [0.29, 0.717) is 17.3 Å². The summed E-state index contributed by atoms with van der Waals surface area (Å²) in [5.74, 6) is 0.00778. The molecule has 150 valence electrons. The lowest BCUT2D eigenvalue weighted by molar-refractivity contribution is -0.681. The van der Waals surface area contributed by atoms with Gasteiger partial charge in [0, 0.05) is 24.2 Å². The highest BCUT2D eigenvalue weighted by Crippen LogP contribution is 2.23. The molecule has 0 aliphatic heterocycles. The lowest BCUT2D eigenvalue weighted by Crippen LogP contribution is -3.00. The van der Waals surface area contributed by atoms with Crippen molar-refractivity contribution in [3.63, 3.8) is 0 Å². The molecule has 4 nitrogen and oxygen atoms in total. The van der Waals surface area contributed by atoms with E-state index in [1.165, 1.54) is 0 Å². The van der Waals surface area contributed by atoms with Gasteiger partial charge in [-0.05, 0) is 34.9 Å². The van der Waals surface area contributed by atoms with Gasteiger partial charge in [0.15, 0.2) is 6.20 Å². The molecule has 1 aromatic heterocycles. The summed E-state index contributed by atoms with van der Waals surface area (Å²) in [5.41, 5.74) is 6.36. The van der Waals surface area contributed by atoms with Gasteiger partial charge in [-0.3, -0.25) is 9.63 Å². The maximum atomic E-state index is 12.6. The Labute approximate surface area is 193 Å². The smallest absolute Gasteiger partial charge is 0.275 e. The average molecular weight is 521 g/mol. The van der Waals surface area contributed by atoms with Crippen molar-refractivity contribution in [2.45, 2.75) is 6.54 Å². The first-order chi connectivity index (χ1) is 13.7. The van der Waals surface area contributed by atoms with Gasteiger partial charge in [-0.2, -0.15) is 4.57 Å². The Morgan fingerprint density at radius 2 is 1.59 bits per heavy atom. The van der Waals surface area contributed by atoms with Crippen LogP contribution in [-0.2, 0) is 11.4 Å². The first-order valence-electron chi connectivity index (χ1n) is 9.01. The van der Waals surface area contributed by atoms with E-state index in [0.717, 1.165) is 16.7 Å². The van der Waals surface area contributed by atoms with Crippen LogP contribution in [0.3, 0.4) is 0 Å². The average Bonchev–Trinajstić information content (AvgIpc) is 2.74. The molecule has 0 bridgehead atoms. The molecule has 29 heavy (non-hydrogen) atoms. The maximum absolute atomic E-state index is 12.6. The third kappa shape index (κ3) is 6.47. The van der Waals surface area contributed by atoms with Crippen LogP contribution < -0.4 is 34.0 Å². The van der Waals surface area contributed by atoms with Gasteiger partial charge < -0.3 is 24.0 Å². The summed E-state index contributed by atoms with van der Waals surface area (Å²) in [5, 5.41) is 0.506. The van der Waals surface area contributed by atoms with Crippen LogP contribution in [0.5, 0.6) is 0 Å². The quantitative estimate of drug-likeness (QED) is 0.121. The highest BCUT2D eigenvalue weighted by atomic mass is 127. The fourth-order valence-corrected chi connectivity index (χ4v) is 3.08. The van der Waals surface area contributed by atoms with Gasteiger partial charge in [-0.25, -0.2) is 5.48 Å². The Bertz CT molecular complexity index is 963. The molecule has 1 heterocycles. The molecule has 3 aromatic rings. The van der Waals surface area contributed by atoms with Crippen LogP contribution in [0, 0.1) is 0 Å². The number of aromatic nitrogens is 1. The van der Waals surface area contributed by atoms with Crippen LogP contribution in [0.2, 0.25) is 5.15 Å². The molecule has 3 rings (SSSR count). The van der Waals surface area contributed by atoms with Gasteiger partial charge in [0.2, 0.25) is 12.3 Å². The molecule has 0 saturated carbocycles. The second-order valence-electron chi connectivity index (χ2n) is 6.16. The summed E-state index contributed by atoms with van der Waals surface area (Å²) in [4.78, 5) is 17.9. The minimum atomic E-state index is 0. The molecule has 0 radical (unpaired) electrons. The van der Waals surface area contributed by atoms with Gasteiger partial charge in [0.1, 0.15) is 0 Å². The molecule has 6 heteroatoms. The van der Waals surface area contributed by atoms with Gasteiger partial charge in [0.05, 0.1) is 6.61 Å². The number of Topliss-reactive ketones (excluding diaryl/α,β-unsaturated/α-hetero) is 1. The molecule has 0 aliphatic carbocycles. The van der Waals surface area contributed by atoms with Gasteiger partial charge in [0.25, 0.3) is 5.15 Å². The molecule has 0 spiro atoms. The molecule has 0 saturated heterocycles. The van der Waals surface area contributed by atoms with Gasteiger partial charge in [-0.15, -0.1) is 0 Å². The zero-order valence-corrected chi connectivity index (χ0v) is 18.9. The SMILES string of the molecule is CNOC/C=C(\c1ccccc1)c1ccc(Cl)[n+](CC(=O)c2ccccc2)c1.[I-]. The molecular formula is C23H22ClIN2O2. The Hall–Kier alpha value is -2.06. The zero-order valence-electron chi connectivity index (χ0n) is 16.0. The molecule has 1 N–H and O–H groups in total. The van der Waals surface area contributed by atoms with Gasteiger partial charge >= 0.3 is 0 Å². The van der Waals surface area contributed by atoms with E-state index in [1.54, 1.807) is 11.6 Å². The van der Waals surface area contributed by atoms with Gasteiger partial charge in [-0.1, -0.05) is 60.7 Å². The number of carbonyl (C=O) groups is 1. The second-order valence-corrected chi connectivity index (χ2v) is 6.54. The van der Waals surface area contributed by atoms with Crippen LogP contribution in [0.4, 0.5) is 0 Å². The number of rotatable bonds is 8. The normalized spacial score (nSPS) is 11.0. The number of nitrogens with zero attached hydrogens (tertiary/aromatic N) is 1. The van der Waals surface area contributed by atoms with Crippen molar-refractivity contribution in [2.75, 3.05) is 13.7 Å². The molecule has 0 atom stereocenters. The van der Waals surface area contributed by atoms with Crippen molar-refractivity contribution in [2.24, 2.45) is 0 Å². The summed E-state index contributed by atoms with van der Waals surface area (Å²) < 4.78 is 1.77. The topological polar surface area (TPSA) is 42.2 Å². The number of ketones is 1. The number of halogens is 2. The Balaban J connectivity index is 0.00000300. The van der Waals surface area contributed by atoms with Crippen LogP contribution in [-0.4, -0.2) is 19.4 Å². The summed E-state index contributed by atoms with van der Waals surface area (Å²) in [6.07, 6.45) is 3.90. The molecule has 0 unspecified atom stereocenters. The molecule has 0 aliphatic rings. The summed E-state index contributed by atoms with van der Waals surface area (Å²) >= 11 is 6.36. The van der Waals surface area contributed by atoms with E-state index in [9.17, 15) is 4.79 Å². The van der Waals surface area contributed by atoms with Crippen molar-refractivity contribution in [1.29, 1.82) is 0 Å². The Kier molecular flexibility index (Phi) is 9.47. The number of carbonyl (C=O) groups excluding carboxylic acids is 1.